The fourth-order valence-corrected chi connectivity index (χ4v) is 2.59. The lowest BCUT2D eigenvalue weighted by Gasteiger charge is -2.34. The standard InChI is InChI=1S/C14H20FN3O2/c1-17-14(19)9-4-3-5-18(8-9)12-7-13(20-2)11(16)6-10(12)15/h6-7,9H,3-5,8,16H2,1-2H3,(H,17,19). The predicted octanol–water partition coefficient (Wildman–Crippen LogP) is 1.38. The molecule has 1 aromatic carbocycles. The second-order valence-electron chi connectivity index (χ2n) is 4.94. The third-order valence-electron chi connectivity index (χ3n) is 3.68. The first-order valence-corrected chi connectivity index (χ1v) is 6.66. The van der Waals surface area contributed by atoms with Crippen molar-refractivity contribution >= 4 is 17.3 Å². The van der Waals surface area contributed by atoms with Crippen LogP contribution in [0.1, 0.15) is 12.8 Å². The molecule has 0 aromatic heterocycles. The highest BCUT2D eigenvalue weighted by molar-refractivity contribution is 5.79. The number of rotatable bonds is 3. The summed E-state index contributed by atoms with van der Waals surface area (Å²) in [6.07, 6.45) is 1.67. The van der Waals surface area contributed by atoms with Gasteiger partial charge in [0.05, 0.1) is 24.4 Å². The van der Waals surface area contributed by atoms with Gasteiger partial charge in [-0.15, -0.1) is 0 Å². The first-order valence-electron chi connectivity index (χ1n) is 6.66. The predicted molar refractivity (Wildman–Crippen MR) is 76.4 cm³/mol. The Hall–Kier alpha value is -1.98. The molecule has 1 amide bonds. The largest absolute Gasteiger partial charge is 0.495 e. The number of anilines is 2. The minimum atomic E-state index is -0.388. The molecule has 1 atom stereocenters. The lowest BCUT2D eigenvalue weighted by atomic mass is 9.96. The van der Waals surface area contributed by atoms with Crippen molar-refractivity contribution in [2.75, 3.05) is 37.9 Å². The second-order valence-corrected chi connectivity index (χ2v) is 4.94. The van der Waals surface area contributed by atoms with Crippen molar-refractivity contribution in [1.82, 2.24) is 5.32 Å². The molecule has 110 valence electrons. The van der Waals surface area contributed by atoms with E-state index in [9.17, 15) is 9.18 Å². The van der Waals surface area contributed by atoms with Crippen molar-refractivity contribution in [3.8, 4) is 5.75 Å². The van der Waals surface area contributed by atoms with Crippen LogP contribution in [0.4, 0.5) is 15.8 Å². The zero-order valence-electron chi connectivity index (χ0n) is 11.8. The van der Waals surface area contributed by atoms with E-state index in [0.717, 1.165) is 19.4 Å². The number of methoxy groups -OCH3 is 1. The Kier molecular flexibility index (Phi) is 4.32. The zero-order valence-corrected chi connectivity index (χ0v) is 11.8. The average molecular weight is 281 g/mol. The van der Waals surface area contributed by atoms with Crippen LogP contribution in [0.2, 0.25) is 0 Å². The van der Waals surface area contributed by atoms with Gasteiger partial charge in [-0.1, -0.05) is 0 Å². The smallest absolute Gasteiger partial charge is 0.224 e. The molecule has 1 saturated heterocycles. The Balaban J connectivity index is 2.24. The van der Waals surface area contributed by atoms with Crippen LogP contribution in [0.15, 0.2) is 12.1 Å². The molecule has 6 heteroatoms. The Morgan fingerprint density at radius 1 is 1.55 bits per heavy atom. The molecule has 2 rings (SSSR count). The summed E-state index contributed by atoms with van der Waals surface area (Å²) in [5, 5.41) is 2.65. The number of hydrogen-bond acceptors (Lipinski definition) is 4. The fraction of sp³-hybridized carbons (Fsp3) is 0.500. The molecule has 0 aliphatic carbocycles. The Morgan fingerprint density at radius 2 is 2.30 bits per heavy atom. The number of piperidine rings is 1. The molecule has 0 bridgehead atoms. The molecule has 1 aliphatic heterocycles. The summed E-state index contributed by atoms with van der Waals surface area (Å²) in [7, 11) is 3.12. The third-order valence-corrected chi connectivity index (χ3v) is 3.68. The number of hydrogen-bond donors (Lipinski definition) is 2. The molecular weight excluding hydrogens is 261 g/mol. The summed E-state index contributed by atoms with van der Waals surface area (Å²) >= 11 is 0. The van der Waals surface area contributed by atoms with Crippen LogP contribution in [0.3, 0.4) is 0 Å². The van der Waals surface area contributed by atoms with Crippen LogP contribution in [-0.4, -0.2) is 33.2 Å². The van der Waals surface area contributed by atoms with E-state index in [2.05, 4.69) is 5.32 Å². The van der Waals surface area contributed by atoms with Crippen molar-refractivity contribution in [3.63, 3.8) is 0 Å². The van der Waals surface area contributed by atoms with E-state index in [1.165, 1.54) is 13.2 Å². The van der Waals surface area contributed by atoms with Crippen LogP contribution in [0, 0.1) is 11.7 Å². The van der Waals surface area contributed by atoms with Crippen LogP contribution >= 0.6 is 0 Å². The second kappa shape index (κ2) is 5.98. The van der Waals surface area contributed by atoms with Crippen LogP contribution in [-0.2, 0) is 4.79 Å². The van der Waals surface area contributed by atoms with Gasteiger partial charge < -0.3 is 20.7 Å². The molecule has 1 unspecified atom stereocenters. The first-order chi connectivity index (χ1) is 9.56. The van der Waals surface area contributed by atoms with Crippen LogP contribution in [0.5, 0.6) is 5.75 Å². The Bertz CT molecular complexity index is 507. The maximum atomic E-state index is 14.1. The first kappa shape index (κ1) is 14.4. The van der Waals surface area contributed by atoms with Crippen molar-refractivity contribution in [2.24, 2.45) is 5.92 Å². The zero-order chi connectivity index (χ0) is 14.7. The molecule has 0 spiro atoms. The average Bonchev–Trinajstić information content (AvgIpc) is 2.46. The quantitative estimate of drug-likeness (QED) is 0.821. The third kappa shape index (κ3) is 2.79. The van der Waals surface area contributed by atoms with Gasteiger partial charge in [-0.25, -0.2) is 4.39 Å². The molecule has 5 nitrogen and oxygen atoms in total. The van der Waals surface area contributed by atoms with Gasteiger partial charge in [0.15, 0.2) is 0 Å². The number of ether oxygens (including phenoxy) is 1. The molecule has 20 heavy (non-hydrogen) atoms. The Labute approximate surface area is 117 Å². The highest BCUT2D eigenvalue weighted by Crippen LogP contribution is 2.33. The molecule has 0 saturated carbocycles. The van der Waals surface area contributed by atoms with E-state index in [0.29, 0.717) is 18.0 Å². The maximum Gasteiger partial charge on any atom is 0.224 e. The monoisotopic (exact) mass is 281 g/mol. The van der Waals surface area contributed by atoms with Crippen molar-refractivity contribution in [1.29, 1.82) is 0 Å². The number of amides is 1. The summed E-state index contributed by atoms with van der Waals surface area (Å²) in [4.78, 5) is 13.6. The molecule has 1 aromatic rings. The number of carbonyl (C=O) groups excluding carboxylic acids is 1. The summed E-state index contributed by atoms with van der Waals surface area (Å²) in [5.41, 5.74) is 6.39. The van der Waals surface area contributed by atoms with E-state index < -0.39 is 0 Å². The molecule has 1 fully saturated rings. The van der Waals surface area contributed by atoms with Crippen LogP contribution in [0.25, 0.3) is 0 Å². The minimum Gasteiger partial charge on any atom is -0.495 e. The highest BCUT2D eigenvalue weighted by Gasteiger charge is 2.27. The van der Waals surface area contributed by atoms with E-state index in [4.69, 9.17) is 10.5 Å². The maximum absolute atomic E-state index is 14.1. The number of nitrogens with zero attached hydrogens (tertiary/aromatic N) is 1. The van der Waals surface area contributed by atoms with E-state index in [-0.39, 0.29) is 23.3 Å². The number of carbonyl (C=O) groups is 1. The van der Waals surface area contributed by atoms with Gasteiger partial charge in [0, 0.05) is 32.3 Å². The number of benzene rings is 1. The van der Waals surface area contributed by atoms with Gasteiger partial charge in [0.1, 0.15) is 11.6 Å². The SMILES string of the molecule is CNC(=O)C1CCCN(c2cc(OC)c(N)cc2F)C1. The lowest BCUT2D eigenvalue weighted by molar-refractivity contribution is -0.124. The van der Waals surface area contributed by atoms with Crippen molar-refractivity contribution in [3.05, 3.63) is 17.9 Å². The van der Waals surface area contributed by atoms with Gasteiger partial charge in [-0.3, -0.25) is 4.79 Å². The summed E-state index contributed by atoms with van der Waals surface area (Å²) in [6, 6.07) is 2.86. The molecule has 1 heterocycles. The minimum absolute atomic E-state index is 0.00230. The summed E-state index contributed by atoms with van der Waals surface area (Å²) < 4.78 is 19.2. The molecule has 3 N–H and O–H groups in total. The van der Waals surface area contributed by atoms with E-state index in [1.807, 2.05) is 4.90 Å². The van der Waals surface area contributed by atoms with Gasteiger partial charge in [0.25, 0.3) is 0 Å². The lowest BCUT2D eigenvalue weighted by Crippen LogP contribution is -2.42. The summed E-state index contributed by atoms with van der Waals surface area (Å²) in [6.45, 7) is 1.22. The molecule has 1 aliphatic rings. The Morgan fingerprint density at radius 3 is 2.95 bits per heavy atom. The normalized spacial score (nSPS) is 18.8. The number of halogens is 1. The van der Waals surface area contributed by atoms with E-state index in [1.54, 1.807) is 13.1 Å². The fourth-order valence-electron chi connectivity index (χ4n) is 2.59. The van der Waals surface area contributed by atoms with Gasteiger partial charge in [-0.2, -0.15) is 0 Å². The van der Waals surface area contributed by atoms with Gasteiger partial charge >= 0.3 is 0 Å². The number of nitrogen functional groups attached to an aromatic ring is 1. The number of nitrogens with one attached hydrogen (secondary N) is 1. The van der Waals surface area contributed by atoms with Crippen LogP contribution < -0.4 is 20.7 Å². The summed E-state index contributed by atoms with van der Waals surface area (Å²) in [5.74, 6) is -0.0569. The molecular formula is C14H20FN3O2. The van der Waals surface area contributed by atoms with E-state index >= 15 is 0 Å². The van der Waals surface area contributed by atoms with Gasteiger partial charge in [0.2, 0.25) is 5.91 Å². The van der Waals surface area contributed by atoms with Gasteiger partial charge in [-0.05, 0) is 12.8 Å². The molecule has 0 radical (unpaired) electrons. The van der Waals surface area contributed by atoms with Crippen molar-refractivity contribution in [2.45, 2.75) is 12.8 Å². The van der Waals surface area contributed by atoms with Crippen molar-refractivity contribution < 1.29 is 13.9 Å². The highest BCUT2D eigenvalue weighted by atomic mass is 19.1. The number of nitrogens with two attached hydrogens (primary N) is 1. The topological polar surface area (TPSA) is 67.6 Å².